The lowest BCUT2D eigenvalue weighted by Gasteiger charge is -2.15. The number of hydrogen-bond acceptors (Lipinski definition) is 4. The molecule has 0 unspecified atom stereocenters. The molecule has 0 aliphatic carbocycles. The minimum Gasteiger partial charge on any atom is -0.452 e. The Bertz CT molecular complexity index is 896. The Hall–Kier alpha value is -3.15. The van der Waals surface area contributed by atoms with E-state index in [2.05, 4.69) is 5.32 Å². The zero-order valence-electron chi connectivity index (χ0n) is 16.4. The van der Waals surface area contributed by atoms with E-state index in [0.29, 0.717) is 18.5 Å². The van der Waals surface area contributed by atoms with Gasteiger partial charge in [0.2, 0.25) is 5.91 Å². The molecule has 0 saturated carbocycles. The molecule has 0 atom stereocenters. The van der Waals surface area contributed by atoms with Crippen LogP contribution < -0.4 is 10.2 Å². The van der Waals surface area contributed by atoms with Crippen LogP contribution >= 0.6 is 0 Å². The molecule has 1 aliphatic heterocycles. The van der Waals surface area contributed by atoms with Gasteiger partial charge in [0.1, 0.15) is 0 Å². The molecule has 0 radical (unpaired) electrons. The van der Waals surface area contributed by atoms with Gasteiger partial charge < -0.3 is 15.0 Å². The fourth-order valence-electron chi connectivity index (χ4n) is 3.47. The molecular formula is C22H24N2O4. The van der Waals surface area contributed by atoms with Gasteiger partial charge in [0.25, 0.3) is 5.91 Å². The van der Waals surface area contributed by atoms with Gasteiger partial charge in [-0.1, -0.05) is 17.7 Å². The molecule has 1 aliphatic rings. The van der Waals surface area contributed by atoms with Crippen molar-refractivity contribution in [3.8, 4) is 0 Å². The van der Waals surface area contributed by atoms with Gasteiger partial charge >= 0.3 is 5.97 Å². The molecule has 6 heteroatoms. The fraction of sp³-hybridized carbons (Fsp3) is 0.318. The highest BCUT2D eigenvalue weighted by Gasteiger charge is 2.22. The predicted octanol–water partition coefficient (Wildman–Crippen LogP) is 3.53. The molecule has 0 bridgehead atoms. The molecule has 6 nitrogen and oxygen atoms in total. The topological polar surface area (TPSA) is 75.7 Å². The lowest BCUT2D eigenvalue weighted by molar-refractivity contribution is -0.119. The van der Waals surface area contributed by atoms with Crippen LogP contribution in [0.4, 0.5) is 11.4 Å². The fourth-order valence-corrected chi connectivity index (χ4v) is 3.47. The summed E-state index contributed by atoms with van der Waals surface area (Å²) in [4.78, 5) is 37.8. The van der Waals surface area contributed by atoms with E-state index >= 15 is 0 Å². The Kier molecular flexibility index (Phi) is 5.78. The second-order valence-electron chi connectivity index (χ2n) is 7.09. The molecule has 0 aromatic heterocycles. The lowest BCUT2D eigenvalue weighted by Crippen LogP contribution is -2.24. The van der Waals surface area contributed by atoms with Crippen LogP contribution in [0, 0.1) is 20.8 Å². The van der Waals surface area contributed by atoms with Crippen molar-refractivity contribution in [2.45, 2.75) is 33.6 Å². The maximum absolute atomic E-state index is 12.2. The Morgan fingerprint density at radius 1 is 1.07 bits per heavy atom. The number of amides is 2. The number of esters is 1. The standard InChI is InChI=1S/C22H24N2O4/c1-14-11-15(2)21(16(3)12-14)23-19(25)13-28-22(27)17-6-8-18(9-7-17)24-10-4-5-20(24)26/h6-9,11-12H,4-5,10,13H2,1-3H3,(H,23,25). The van der Waals surface area contributed by atoms with Gasteiger partial charge in [-0.25, -0.2) is 4.79 Å². The zero-order chi connectivity index (χ0) is 20.3. The third kappa shape index (κ3) is 4.39. The number of nitrogens with one attached hydrogen (secondary N) is 1. The highest BCUT2D eigenvalue weighted by Crippen LogP contribution is 2.23. The Morgan fingerprint density at radius 3 is 2.29 bits per heavy atom. The number of carbonyl (C=O) groups excluding carboxylic acids is 3. The van der Waals surface area contributed by atoms with E-state index in [4.69, 9.17) is 4.74 Å². The number of anilines is 2. The molecule has 28 heavy (non-hydrogen) atoms. The molecule has 0 spiro atoms. The predicted molar refractivity (Wildman–Crippen MR) is 108 cm³/mol. The van der Waals surface area contributed by atoms with Gasteiger partial charge in [0.05, 0.1) is 5.56 Å². The Morgan fingerprint density at radius 2 is 1.71 bits per heavy atom. The Labute approximate surface area is 164 Å². The van der Waals surface area contributed by atoms with Gasteiger partial charge in [0.15, 0.2) is 6.61 Å². The number of aryl methyl sites for hydroxylation is 3. The van der Waals surface area contributed by atoms with Crippen molar-refractivity contribution in [2.24, 2.45) is 0 Å². The van der Waals surface area contributed by atoms with Crippen LogP contribution in [0.15, 0.2) is 36.4 Å². The lowest BCUT2D eigenvalue weighted by atomic mass is 10.1. The summed E-state index contributed by atoms with van der Waals surface area (Å²) in [5.41, 5.74) is 4.89. The summed E-state index contributed by atoms with van der Waals surface area (Å²) >= 11 is 0. The van der Waals surface area contributed by atoms with Crippen LogP contribution in [0.3, 0.4) is 0 Å². The van der Waals surface area contributed by atoms with E-state index in [0.717, 1.165) is 34.5 Å². The van der Waals surface area contributed by atoms with E-state index in [1.807, 2.05) is 32.9 Å². The molecular weight excluding hydrogens is 356 g/mol. The summed E-state index contributed by atoms with van der Waals surface area (Å²) in [5.74, 6) is -0.872. The van der Waals surface area contributed by atoms with E-state index in [1.165, 1.54) is 0 Å². The Balaban J connectivity index is 1.56. The number of hydrogen-bond donors (Lipinski definition) is 1. The van der Waals surface area contributed by atoms with Gasteiger partial charge in [-0.2, -0.15) is 0 Å². The van der Waals surface area contributed by atoms with Crippen LogP contribution in [-0.2, 0) is 14.3 Å². The normalized spacial score (nSPS) is 13.5. The van der Waals surface area contributed by atoms with E-state index in [-0.39, 0.29) is 18.4 Å². The van der Waals surface area contributed by atoms with Gasteiger partial charge in [-0.15, -0.1) is 0 Å². The minimum atomic E-state index is -0.577. The van der Waals surface area contributed by atoms with Crippen molar-refractivity contribution in [3.05, 3.63) is 58.7 Å². The third-order valence-electron chi connectivity index (χ3n) is 4.76. The number of nitrogens with zero attached hydrogens (tertiary/aromatic N) is 1. The first-order valence-electron chi connectivity index (χ1n) is 9.30. The summed E-state index contributed by atoms with van der Waals surface area (Å²) in [6, 6.07) is 10.6. The SMILES string of the molecule is Cc1cc(C)c(NC(=O)COC(=O)c2ccc(N3CCCC3=O)cc2)c(C)c1. The molecule has 1 fully saturated rings. The molecule has 2 amide bonds. The number of rotatable bonds is 5. The highest BCUT2D eigenvalue weighted by molar-refractivity contribution is 5.98. The quantitative estimate of drug-likeness (QED) is 0.805. The maximum atomic E-state index is 12.2. The van der Waals surface area contributed by atoms with E-state index < -0.39 is 5.97 Å². The van der Waals surface area contributed by atoms with Crippen LogP contribution in [0.25, 0.3) is 0 Å². The highest BCUT2D eigenvalue weighted by atomic mass is 16.5. The van der Waals surface area contributed by atoms with Gasteiger partial charge in [-0.3, -0.25) is 9.59 Å². The first kappa shape index (κ1) is 19.6. The summed E-state index contributed by atoms with van der Waals surface area (Å²) in [6.07, 6.45) is 1.40. The van der Waals surface area contributed by atoms with Crippen LogP contribution in [0.2, 0.25) is 0 Å². The first-order chi connectivity index (χ1) is 13.3. The van der Waals surface area contributed by atoms with Crippen LogP contribution in [-0.4, -0.2) is 30.9 Å². The molecule has 2 aromatic carbocycles. The number of ether oxygens (including phenoxy) is 1. The molecule has 1 heterocycles. The van der Waals surface area contributed by atoms with Crippen molar-refractivity contribution in [1.82, 2.24) is 0 Å². The van der Waals surface area contributed by atoms with Gasteiger partial charge in [-0.05, 0) is 62.6 Å². The average molecular weight is 380 g/mol. The second-order valence-corrected chi connectivity index (χ2v) is 7.09. The van der Waals surface area contributed by atoms with Crippen molar-refractivity contribution >= 4 is 29.2 Å². The van der Waals surface area contributed by atoms with Crippen LogP contribution in [0.1, 0.15) is 39.9 Å². The first-order valence-corrected chi connectivity index (χ1v) is 9.30. The van der Waals surface area contributed by atoms with Gasteiger partial charge in [0, 0.05) is 24.3 Å². The average Bonchev–Trinajstić information content (AvgIpc) is 3.08. The monoisotopic (exact) mass is 380 g/mol. The zero-order valence-corrected chi connectivity index (χ0v) is 16.4. The largest absolute Gasteiger partial charge is 0.452 e. The van der Waals surface area contributed by atoms with Crippen LogP contribution in [0.5, 0.6) is 0 Å². The summed E-state index contributed by atoms with van der Waals surface area (Å²) in [7, 11) is 0. The van der Waals surface area contributed by atoms with E-state index in [1.54, 1.807) is 29.2 Å². The minimum absolute atomic E-state index is 0.0914. The van der Waals surface area contributed by atoms with E-state index in [9.17, 15) is 14.4 Å². The maximum Gasteiger partial charge on any atom is 0.338 e. The second kappa shape index (κ2) is 8.25. The number of carbonyl (C=O) groups is 3. The summed E-state index contributed by atoms with van der Waals surface area (Å²) in [5, 5.41) is 2.80. The number of benzene rings is 2. The molecule has 1 N–H and O–H groups in total. The molecule has 1 saturated heterocycles. The third-order valence-corrected chi connectivity index (χ3v) is 4.76. The summed E-state index contributed by atoms with van der Waals surface area (Å²) < 4.78 is 5.12. The molecule has 2 aromatic rings. The molecule has 3 rings (SSSR count). The van der Waals surface area contributed by atoms with Crippen molar-refractivity contribution in [2.75, 3.05) is 23.4 Å². The summed E-state index contributed by atoms with van der Waals surface area (Å²) in [6.45, 7) is 6.18. The smallest absolute Gasteiger partial charge is 0.338 e. The van der Waals surface area contributed by atoms with Crippen molar-refractivity contribution in [1.29, 1.82) is 0 Å². The van der Waals surface area contributed by atoms with Crippen molar-refractivity contribution in [3.63, 3.8) is 0 Å². The molecule has 146 valence electrons. The van der Waals surface area contributed by atoms with Crippen molar-refractivity contribution < 1.29 is 19.1 Å².